The lowest BCUT2D eigenvalue weighted by molar-refractivity contribution is -0.188. The number of nitrogens with zero attached hydrogens (tertiary/aromatic N) is 1. The molecule has 0 amide bonds. The number of piperazine rings is 1. The van der Waals surface area contributed by atoms with E-state index in [9.17, 15) is 17.6 Å². The summed E-state index contributed by atoms with van der Waals surface area (Å²) >= 11 is 3.09. The Labute approximate surface area is 129 Å². The highest BCUT2D eigenvalue weighted by molar-refractivity contribution is 9.10. The van der Waals surface area contributed by atoms with E-state index >= 15 is 0 Å². The molecule has 8 heteroatoms. The first-order valence-electron chi connectivity index (χ1n) is 5.86. The number of nitrogens with one attached hydrogen (secondary N) is 1. The van der Waals surface area contributed by atoms with Gasteiger partial charge in [-0.3, -0.25) is 4.90 Å². The predicted octanol–water partition coefficient (Wildman–Crippen LogP) is 3.52. The van der Waals surface area contributed by atoms with Gasteiger partial charge < -0.3 is 5.32 Å². The second-order valence-electron chi connectivity index (χ2n) is 4.40. The van der Waals surface area contributed by atoms with Crippen LogP contribution in [0.4, 0.5) is 17.6 Å². The molecule has 1 aliphatic heterocycles. The van der Waals surface area contributed by atoms with Gasteiger partial charge in [0.05, 0.1) is 0 Å². The Bertz CT molecular complexity index is 450. The van der Waals surface area contributed by atoms with Crippen molar-refractivity contribution in [2.45, 2.75) is 12.2 Å². The van der Waals surface area contributed by atoms with Crippen LogP contribution in [0.3, 0.4) is 0 Å². The largest absolute Gasteiger partial charge is 0.408 e. The molecule has 1 saturated heterocycles. The van der Waals surface area contributed by atoms with Crippen molar-refractivity contribution in [3.63, 3.8) is 0 Å². The van der Waals surface area contributed by atoms with Crippen molar-refractivity contribution >= 4 is 28.3 Å². The molecule has 114 valence electrons. The summed E-state index contributed by atoms with van der Waals surface area (Å²) in [6.45, 7) is 1.44. The summed E-state index contributed by atoms with van der Waals surface area (Å²) in [6, 6.07) is 1.76. The molecule has 0 bridgehead atoms. The van der Waals surface area contributed by atoms with Crippen LogP contribution in [0, 0.1) is 5.82 Å². The van der Waals surface area contributed by atoms with Crippen LogP contribution in [0.15, 0.2) is 22.7 Å². The summed E-state index contributed by atoms with van der Waals surface area (Å²) in [6.07, 6.45) is -4.50. The molecule has 1 N–H and O–H groups in total. The predicted molar refractivity (Wildman–Crippen MR) is 74.6 cm³/mol. The van der Waals surface area contributed by atoms with E-state index in [1.807, 2.05) is 0 Å². The first-order valence-corrected chi connectivity index (χ1v) is 6.65. The number of halogens is 6. The summed E-state index contributed by atoms with van der Waals surface area (Å²) in [7, 11) is 0. The van der Waals surface area contributed by atoms with Crippen LogP contribution < -0.4 is 5.32 Å². The standard InChI is InChI=1S/C12H13BrF4N2.ClH/c13-8-1-2-10(14)9(7-8)11(12(15,16)17)19-5-3-18-4-6-19;/h1-2,7,11,18H,3-6H2;1H/t11-;/m0./s1. The highest BCUT2D eigenvalue weighted by atomic mass is 79.9. The topological polar surface area (TPSA) is 15.3 Å². The van der Waals surface area contributed by atoms with Gasteiger partial charge in [0.1, 0.15) is 11.9 Å². The van der Waals surface area contributed by atoms with E-state index < -0.39 is 18.0 Å². The highest BCUT2D eigenvalue weighted by Crippen LogP contribution is 2.39. The van der Waals surface area contributed by atoms with Crippen LogP contribution >= 0.6 is 28.3 Å². The van der Waals surface area contributed by atoms with Crippen LogP contribution in [-0.2, 0) is 0 Å². The molecule has 0 radical (unpaired) electrons. The Morgan fingerprint density at radius 3 is 2.35 bits per heavy atom. The molecule has 20 heavy (non-hydrogen) atoms. The van der Waals surface area contributed by atoms with Gasteiger partial charge in [-0.15, -0.1) is 12.4 Å². The van der Waals surface area contributed by atoms with Crippen molar-refractivity contribution in [2.24, 2.45) is 0 Å². The van der Waals surface area contributed by atoms with E-state index in [2.05, 4.69) is 21.2 Å². The van der Waals surface area contributed by atoms with Gasteiger partial charge in [-0.05, 0) is 18.2 Å². The minimum Gasteiger partial charge on any atom is -0.314 e. The summed E-state index contributed by atoms with van der Waals surface area (Å²) in [5.74, 6) is -0.830. The Morgan fingerprint density at radius 2 is 1.80 bits per heavy atom. The average Bonchev–Trinajstić information content (AvgIpc) is 2.33. The third kappa shape index (κ3) is 4.07. The van der Waals surface area contributed by atoms with E-state index in [1.165, 1.54) is 17.0 Å². The van der Waals surface area contributed by atoms with Crippen molar-refractivity contribution in [2.75, 3.05) is 26.2 Å². The number of hydrogen-bond acceptors (Lipinski definition) is 2. The first-order chi connectivity index (χ1) is 8.89. The third-order valence-corrected chi connectivity index (χ3v) is 3.57. The van der Waals surface area contributed by atoms with Gasteiger partial charge in [0, 0.05) is 36.2 Å². The molecule has 1 aromatic carbocycles. The number of hydrogen-bond donors (Lipinski definition) is 1. The normalized spacial score (nSPS) is 18.4. The van der Waals surface area contributed by atoms with Crippen molar-refractivity contribution in [3.8, 4) is 0 Å². The molecule has 1 heterocycles. The zero-order chi connectivity index (χ0) is 14.0. The van der Waals surface area contributed by atoms with Gasteiger partial charge in [0.25, 0.3) is 0 Å². The summed E-state index contributed by atoms with van der Waals surface area (Å²) in [4.78, 5) is 1.27. The maximum Gasteiger partial charge on any atom is 0.408 e. The Balaban J connectivity index is 0.00000200. The second-order valence-corrected chi connectivity index (χ2v) is 5.31. The quantitative estimate of drug-likeness (QED) is 0.794. The highest BCUT2D eigenvalue weighted by Gasteiger charge is 2.46. The van der Waals surface area contributed by atoms with Crippen molar-refractivity contribution in [3.05, 3.63) is 34.1 Å². The lowest BCUT2D eigenvalue weighted by Crippen LogP contribution is -2.49. The Morgan fingerprint density at radius 1 is 1.20 bits per heavy atom. The Kier molecular flexibility index (Phi) is 6.25. The van der Waals surface area contributed by atoms with Gasteiger partial charge >= 0.3 is 6.18 Å². The maximum atomic E-state index is 13.7. The number of rotatable bonds is 2. The molecule has 0 spiro atoms. The summed E-state index contributed by atoms with van der Waals surface area (Å²) in [5.41, 5.74) is -0.330. The van der Waals surface area contributed by atoms with E-state index in [0.717, 1.165) is 6.07 Å². The van der Waals surface area contributed by atoms with Crippen LogP contribution in [0.5, 0.6) is 0 Å². The van der Waals surface area contributed by atoms with Gasteiger partial charge in [0.15, 0.2) is 0 Å². The van der Waals surface area contributed by atoms with Crippen LogP contribution in [0.2, 0.25) is 0 Å². The molecule has 2 rings (SSSR count). The van der Waals surface area contributed by atoms with E-state index in [1.54, 1.807) is 0 Å². The summed E-state index contributed by atoms with van der Waals surface area (Å²) in [5, 5.41) is 2.99. The molecule has 2 nitrogen and oxygen atoms in total. The molecule has 1 aromatic rings. The fraction of sp³-hybridized carbons (Fsp3) is 0.500. The second kappa shape index (κ2) is 7.06. The first kappa shape index (κ1) is 17.7. The maximum absolute atomic E-state index is 13.7. The molecule has 0 saturated carbocycles. The summed E-state index contributed by atoms with van der Waals surface area (Å²) < 4.78 is 54.0. The smallest absolute Gasteiger partial charge is 0.314 e. The third-order valence-electron chi connectivity index (χ3n) is 3.08. The molecular formula is C12H14BrClF4N2. The van der Waals surface area contributed by atoms with Crippen molar-refractivity contribution in [1.82, 2.24) is 10.2 Å². The molecule has 0 aliphatic carbocycles. The van der Waals surface area contributed by atoms with Gasteiger partial charge in [-0.1, -0.05) is 15.9 Å². The Hall–Kier alpha value is -0.370. The van der Waals surface area contributed by atoms with Crippen LogP contribution in [0.1, 0.15) is 11.6 Å². The average molecular weight is 378 g/mol. The molecule has 1 aliphatic rings. The van der Waals surface area contributed by atoms with E-state index in [-0.39, 0.29) is 31.1 Å². The minimum atomic E-state index is -4.50. The van der Waals surface area contributed by atoms with Gasteiger partial charge in [-0.2, -0.15) is 13.2 Å². The molecule has 1 atom stereocenters. The number of benzene rings is 1. The van der Waals surface area contributed by atoms with Gasteiger partial charge in [-0.25, -0.2) is 4.39 Å². The zero-order valence-electron chi connectivity index (χ0n) is 10.4. The fourth-order valence-corrected chi connectivity index (χ4v) is 2.62. The van der Waals surface area contributed by atoms with E-state index in [0.29, 0.717) is 17.6 Å². The van der Waals surface area contributed by atoms with Crippen molar-refractivity contribution in [1.29, 1.82) is 0 Å². The molecular weight excluding hydrogens is 363 g/mol. The van der Waals surface area contributed by atoms with Crippen molar-refractivity contribution < 1.29 is 17.6 Å². The lowest BCUT2D eigenvalue weighted by Gasteiger charge is -2.36. The SMILES string of the molecule is Cl.Fc1ccc(Br)cc1[C@H](N1CCNCC1)C(F)(F)F. The molecule has 0 aromatic heterocycles. The number of alkyl halides is 3. The minimum absolute atomic E-state index is 0. The van der Waals surface area contributed by atoms with Gasteiger partial charge in [0.2, 0.25) is 0 Å². The zero-order valence-corrected chi connectivity index (χ0v) is 12.8. The fourth-order valence-electron chi connectivity index (χ4n) is 2.24. The van der Waals surface area contributed by atoms with Crippen LogP contribution in [-0.4, -0.2) is 37.3 Å². The molecule has 0 unspecified atom stereocenters. The monoisotopic (exact) mass is 376 g/mol. The molecule has 1 fully saturated rings. The lowest BCUT2D eigenvalue weighted by atomic mass is 10.0. The van der Waals surface area contributed by atoms with E-state index in [4.69, 9.17) is 0 Å². The van der Waals surface area contributed by atoms with Crippen LogP contribution in [0.25, 0.3) is 0 Å².